The quantitative estimate of drug-likeness (QED) is 0.585. The zero-order valence-corrected chi connectivity index (χ0v) is 15.4. The molecule has 5 rings (SSSR count). The van der Waals surface area contributed by atoms with Gasteiger partial charge in [-0.05, 0) is 24.6 Å². The molecule has 136 valence electrons. The number of hydrogen-bond donors (Lipinski definition) is 3. The number of Topliss-reactive ketones (excluding diaryl/α,β-unsaturated/α-hetero) is 1. The van der Waals surface area contributed by atoms with E-state index in [1.54, 1.807) is 18.2 Å². The van der Waals surface area contributed by atoms with Gasteiger partial charge >= 0.3 is 5.69 Å². The van der Waals surface area contributed by atoms with E-state index in [0.717, 1.165) is 0 Å². The van der Waals surface area contributed by atoms with Crippen LogP contribution in [0.15, 0.2) is 43.6 Å². The highest BCUT2D eigenvalue weighted by molar-refractivity contribution is 9.10. The first-order chi connectivity index (χ1) is 12.9. The predicted octanol–water partition coefficient (Wildman–Crippen LogP) is 1.46. The summed E-state index contributed by atoms with van der Waals surface area (Å²) >= 11 is 3.39. The highest BCUT2D eigenvalue weighted by Gasteiger charge is 2.60. The number of allylic oxidation sites excluding steroid dienone is 1. The molecule has 0 saturated carbocycles. The molecule has 3 heterocycles. The Morgan fingerprint density at radius 2 is 1.89 bits per heavy atom. The Bertz CT molecular complexity index is 1210. The first-order valence-electron chi connectivity index (χ1n) is 8.36. The summed E-state index contributed by atoms with van der Waals surface area (Å²) in [5.41, 5.74) is -2.08. The lowest BCUT2D eigenvalue weighted by atomic mass is 9.65. The van der Waals surface area contributed by atoms with Crippen LogP contribution in [0, 0.1) is 0 Å². The van der Waals surface area contributed by atoms with Crippen molar-refractivity contribution >= 4 is 33.3 Å². The van der Waals surface area contributed by atoms with Crippen LogP contribution in [0.4, 0.5) is 5.69 Å². The van der Waals surface area contributed by atoms with Crippen molar-refractivity contribution in [1.82, 2.24) is 9.97 Å². The van der Waals surface area contributed by atoms with Crippen molar-refractivity contribution in [2.24, 2.45) is 0 Å². The van der Waals surface area contributed by atoms with Gasteiger partial charge in [0.2, 0.25) is 11.8 Å². The van der Waals surface area contributed by atoms with Crippen molar-refractivity contribution in [2.75, 3.05) is 5.32 Å². The first kappa shape index (κ1) is 16.2. The van der Waals surface area contributed by atoms with E-state index in [9.17, 15) is 19.2 Å². The van der Waals surface area contributed by atoms with E-state index < -0.39 is 22.6 Å². The van der Waals surface area contributed by atoms with E-state index in [1.165, 1.54) is 0 Å². The number of nitrogens with one attached hydrogen (secondary N) is 3. The number of ether oxygens (including phenoxy) is 1. The molecule has 1 spiro atoms. The maximum Gasteiger partial charge on any atom is 0.328 e. The minimum atomic E-state index is -1.66. The molecule has 1 atom stereocenters. The number of benzene rings is 1. The van der Waals surface area contributed by atoms with Gasteiger partial charge in [0.15, 0.2) is 5.78 Å². The van der Waals surface area contributed by atoms with Crippen molar-refractivity contribution in [3.05, 3.63) is 66.0 Å². The SMILES string of the molecule is O=C1CCCC2=C1C1(C(=O)Nc3ccc(Br)cc31)c1c([nH]c(=O)[nH]c1=O)O2. The van der Waals surface area contributed by atoms with Gasteiger partial charge < -0.3 is 10.1 Å². The van der Waals surface area contributed by atoms with Crippen molar-refractivity contribution in [1.29, 1.82) is 0 Å². The number of fused-ring (bicyclic) bond motifs is 5. The molecule has 9 heteroatoms. The lowest BCUT2D eigenvalue weighted by Gasteiger charge is -2.37. The van der Waals surface area contributed by atoms with Crippen LogP contribution in [0.25, 0.3) is 0 Å². The second-order valence-corrected chi connectivity index (χ2v) is 7.60. The maximum absolute atomic E-state index is 13.3. The summed E-state index contributed by atoms with van der Waals surface area (Å²) in [5, 5.41) is 2.77. The molecular weight excluding hydrogens is 418 g/mol. The average Bonchev–Trinajstić information content (AvgIpc) is 2.87. The number of carbonyl (C=O) groups is 2. The van der Waals surface area contributed by atoms with Gasteiger partial charge in [0, 0.05) is 28.6 Å². The summed E-state index contributed by atoms with van der Waals surface area (Å²) in [5.74, 6) is -0.529. The standard InChI is InChI=1S/C18H12BrN3O5/c19-7-4-5-9-8(6-7)18(16(25)20-9)12-10(23)2-1-3-11(12)27-15-13(18)14(24)21-17(26)22-15/h4-6H,1-3H2,(H,20,25)(H2,21,22,24,26). The lowest BCUT2D eigenvalue weighted by molar-refractivity contribution is -0.123. The Hall–Kier alpha value is -2.94. The third-order valence-corrected chi connectivity index (χ3v) is 5.72. The van der Waals surface area contributed by atoms with Crippen LogP contribution in [0.2, 0.25) is 0 Å². The van der Waals surface area contributed by atoms with Crippen molar-refractivity contribution in [2.45, 2.75) is 24.7 Å². The van der Waals surface area contributed by atoms with Gasteiger partial charge in [-0.25, -0.2) is 4.79 Å². The Morgan fingerprint density at radius 3 is 2.70 bits per heavy atom. The summed E-state index contributed by atoms with van der Waals surface area (Å²) in [6.45, 7) is 0. The van der Waals surface area contributed by atoms with Crippen LogP contribution in [0.3, 0.4) is 0 Å². The van der Waals surface area contributed by atoms with Crippen LogP contribution < -0.4 is 21.3 Å². The molecule has 0 saturated heterocycles. The number of H-pyrrole nitrogens is 2. The third-order valence-electron chi connectivity index (χ3n) is 5.22. The molecule has 1 unspecified atom stereocenters. The lowest BCUT2D eigenvalue weighted by Crippen LogP contribution is -2.49. The molecule has 1 aromatic heterocycles. The fraction of sp³-hybridized carbons (Fsp3) is 0.222. The molecule has 8 nitrogen and oxygen atoms in total. The summed E-state index contributed by atoms with van der Waals surface area (Å²) in [7, 11) is 0. The number of anilines is 1. The van der Waals surface area contributed by atoms with E-state index in [4.69, 9.17) is 4.74 Å². The van der Waals surface area contributed by atoms with E-state index in [2.05, 4.69) is 31.2 Å². The Balaban J connectivity index is 1.99. The zero-order valence-electron chi connectivity index (χ0n) is 13.8. The normalized spacial score (nSPS) is 22.9. The third kappa shape index (κ3) is 1.97. The highest BCUT2D eigenvalue weighted by atomic mass is 79.9. The van der Waals surface area contributed by atoms with Gasteiger partial charge in [-0.1, -0.05) is 15.9 Å². The Morgan fingerprint density at radius 1 is 1.07 bits per heavy atom. The molecule has 1 aromatic carbocycles. The van der Waals surface area contributed by atoms with Gasteiger partial charge in [-0.2, -0.15) is 0 Å². The smallest absolute Gasteiger partial charge is 0.328 e. The van der Waals surface area contributed by atoms with Crippen LogP contribution in [0.5, 0.6) is 5.88 Å². The molecule has 1 aliphatic carbocycles. The number of amides is 1. The maximum atomic E-state index is 13.3. The van der Waals surface area contributed by atoms with E-state index in [0.29, 0.717) is 34.3 Å². The molecule has 3 aliphatic rings. The van der Waals surface area contributed by atoms with Gasteiger partial charge in [0.25, 0.3) is 5.56 Å². The number of halogens is 1. The number of rotatable bonds is 0. The molecule has 3 N–H and O–H groups in total. The van der Waals surface area contributed by atoms with Crippen molar-refractivity contribution in [3.63, 3.8) is 0 Å². The fourth-order valence-corrected chi connectivity index (χ4v) is 4.60. The number of ketones is 1. The summed E-state index contributed by atoms with van der Waals surface area (Å²) in [4.78, 5) is 55.4. The zero-order chi connectivity index (χ0) is 18.9. The Labute approximate surface area is 159 Å². The van der Waals surface area contributed by atoms with Crippen LogP contribution >= 0.6 is 15.9 Å². The highest BCUT2D eigenvalue weighted by Crippen LogP contribution is 2.54. The fourth-order valence-electron chi connectivity index (χ4n) is 4.24. The van der Waals surface area contributed by atoms with E-state index >= 15 is 0 Å². The average molecular weight is 430 g/mol. The van der Waals surface area contributed by atoms with E-state index in [1.807, 2.05) is 0 Å². The monoisotopic (exact) mass is 429 g/mol. The van der Waals surface area contributed by atoms with Gasteiger partial charge in [-0.3, -0.25) is 24.4 Å². The largest absolute Gasteiger partial charge is 0.444 e. The number of aromatic amines is 2. The summed E-state index contributed by atoms with van der Waals surface area (Å²) in [6, 6.07) is 5.17. The molecule has 2 aliphatic heterocycles. The molecular formula is C18H12BrN3O5. The minimum absolute atomic E-state index is 0.0783. The van der Waals surface area contributed by atoms with Crippen LogP contribution in [-0.4, -0.2) is 21.7 Å². The van der Waals surface area contributed by atoms with Gasteiger partial charge in [0.05, 0.1) is 5.57 Å². The predicted molar refractivity (Wildman–Crippen MR) is 97.7 cm³/mol. The molecule has 2 aromatic rings. The number of aromatic nitrogens is 2. The van der Waals surface area contributed by atoms with Crippen molar-refractivity contribution < 1.29 is 14.3 Å². The minimum Gasteiger partial charge on any atom is -0.444 e. The second kappa shape index (κ2) is 5.29. The number of carbonyl (C=O) groups excluding carboxylic acids is 2. The van der Waals surface area contributed by atoms with Crippen molar-refractivity contribution in [3.8, 4) is 5.88 Å². The summed E-state index contributed by atoms with van der Waals surface area (Å²) in [6.07, 6.45) is 1.27. The van der Waals surface area contributed by atoms with E-state index in [-0.39, 0.29) is 29.2 Å². The van der Waals surface area contributed by atoms with Crippen LogP contribution in [-0.2, 0) is 15.0 Å². The number of hydrogen-bond acceptors (Lipinski definition) is 5. The molecule has 0 radical (unpaired) electrons. The second-order valence-electron chi connectivity index (χ2n) is 6.68. The van der Waals surface area contributed by atoms with Gasteiger partial charge in [-0.15, -0.1) is 0 Å². The topological polar surface area (TPSA) is 121 Å². The van der Waals surface area contributed by atoms with Gasteiger partial charge in [0.1, 0.15) is 16.7 Å². The Kier molecular flexibility index (Phi) is 3.18. The summed E-state index contributed by atoms with van der Waals surface area (Å²) < 4.78 is 6.43. The molecule has 1 amide bonds. The molecule has 27 heavy (non-hydrogen) atoms. The molecule has 0 bridgehead atoms. The molecule has 0 fully saturated rings. The van der Waals surface area contributed by atoms with Crippen LogP contribution in [0.1, 0.15) is 30.4 Å². The first-order valence-corrected chi connectivity index (χ1v) is 9.15.